The molecular formula is C20H24Cl2N2O4S. The van der Waals surface area contributed by atoms with Crippen molar-refractivity contribution in [1.29, 1.82) is 0 Å². The summed E-state index contributed by atoms with van der Waals surface area (Å²) in [6.45, 7) is 2.50. The number of carbonyl (C=O) groups excluding carboxylic acids is 1. The zero-order valence-corrected chi connectivity index (χ0v) is 18.8. The molecule has 0 aromatic heterocycles. The summed E-state index contributed by atoms with van der Waals surface area (Å²) < 4.78 is 11.4. The second kappa shape index (κ2) is 10.4. The molecule has 0 bridgehead atoms. The van der Waals surface area contributed by atoms with Crippen LogP contribution in [0.1, 0.15) is 24.3 Å². The van der Waals surface area contributed by atoms with Crippen LogP contribution in [0, 0.1) is 0 Å². The fourth-order valence-electron chi connectivity index (χ4n) is 3.07. The smallest absolute Gasteiger partial charge is 0.225 e. The molecule has 1 aliphatic rings. The van der Waals surface area contributed by atoms with Crippen molar-refractivity contribution in [2.24, 2.45) is 0 Å². The van der Waals surface area contributed by atoms with E-state index in [4.69, 9.17) is 21.1 Å². The summed E-state index contributed by atoms with van der Waals surface area (Å²) in [5.41, 5.74) is 1.65. The van der Waals surface area contributed by atoms with Gasteiger partial charge >= 0.3 is 0 Å². The summed E-state index contributed by atoms with van der Waals surface area (Å²) >= 11 is 7.73. The first-order valence-corrected chi connectivity index (χ1v) is 10.1. The summed E-state index contributed by atoms with van der Waals surface area (Å²) in [5.74, 6) is 1.30. The van der Waals surface area contributed by atoms with E-state index in [2.05, 4.69) is 0 Å². The summed E-state index contributed by atoms with van der Waals surface area (Å²) in [4.78, 5) is 15.2. The molecule has 1 unspecified atom stereocenters. The van der Waals surface area contributed by atoms with E-state index in [1.165, 1.54) is 0 Å². The lowest BCUT2D eigenvalue weighted by Crippen LogP contribution is -2.28. The number of thioether (sulfide) groups is 1. The van der Waals surface area contributed by atoms with Gasteiger partial charge in [0.15, 0.2) is 0 Å². The number of rotatable bonds is 7. The van der Waals surface area contributed by atoms with Crippen LogP contribution in [0.25, 0.3) is 0 Å². The fourth-order valence-corrected chi connectivity index (χ4v) is 4.58. The molecule has 0 saturated heterocycles. The Balaban J connectivity index is 0.00000300. The summed E-state index contributed by atoms with van der Waals surface area (Å²) in [5, 5.41) is 10.7. The van der Waals surface area contributed by atoms with Gasteiger partial charge in [-0.15, -0.1) is 12.4 Å². The minimum absolute atomic E-state index is 0. The third kappa shape index (κ3) is 5.49. The first-order chi connectivity index (χ1) is 13.4. The predicted molar refractivity (Wildman–Crippen MR) is 118 cm³/mol. The molecule has 1 atom stereocenters. The quantitative estimate of drug-likeness (QED) is 0.464. The van der Waals surface area contributed by atoms with E-state index in [1.54, 1.807) is 37.7 Å². The van der Waals surface area contributed by atoms with E-state index >= 15 is 0 Å². The number of methoxy groups -OCH3 is 1. The van der Waals surface area contributed by atoms with Gasteiger partial charge < -0.3 is 14.7 Å². The topological polar surface area (TPSA) is 62.2 Å². The second-order valence-corrected chi connectivity index (χ2v) is 8.02. The summed E-state index contributed by atoms with van der Waals surface area (Å²) in [7, 11) is 3.21. The van der Waals surface area contributed by atoms with E-state index in [-0.39, 0.29) is 23.7 Å². The molecule has 9 heteroatoms. The number of carbonyl (C=O) groups is 1. The lowest BCUT2D eigenvalue weighted by molar-refractivity contribution is -0.116. The van der Waals surface area contributed by atoms with Gasteiger partial charge in [-0.05, 0) is 42.8 Å². The van der Waals surface area contributed by atoms with E-state index in [1.807, 2.05) is 36.4 Å². The molecule has 29 heavy (non-hydrogen) atoms. The van der Waals surface area contributed by atoms with Crippen LogP contribution in [-0.4, -0.2) is 43.5 Å². The molecular weight excluding hydrogens is 435 g/mol. The summed E-state index contributed by atoms with van der Waals surface area (Å²) in [6.07, 6.45) is 0.669. The number of hydroxylamine groups is 2. The predicted octanol–water partition coefficient (Wildman–Crippen LogP) is 5.02. The van der Waals surface area contributed by atoms with Gasteiger partial charge in [0.2, 0.25) is 5.91 Å². The number of anilines is 1. The van der Waals surface area contributed by atoms with E-state index in [0.717, 1.165) is 21.2 Å². The van der Waals surface area contributed by atoms with Crippen molar-refractivity contribution in [3.8, 4) is 11.5 Å². The third-order valence-corrected chi connectivity index (χ3v) is 5.88. The van der Waals surface area contributed by atoms with Crippen molar-refractivity contribution in [1.82, 2.24) is 5.06 Å². The van der Waals surface area contributed by atoms with Crippen LogP contribution in [0.3, 0.4) is 0 Å². The highest BCUT2D eigenvalue weighted by Crippen LogP contribution is 2.54. The molecule has 1 aliphatic heterocycles. The van der Waals surface area contributed by atoms with Gasteiger partial charge in [0.05, 0.1) is 19.4 Å². The van der Waals surface area contributed by atoms with Gasteiger partial charge in [0.25, 0.3) is 0 Å². The minimum Gasteiger partial charge on any atom is -0.497 e. The van der Waals surface area contributed by atoms with Crippen LogP contribution >= 0.6 is 35.8 Å². The molecule has 6 nitrogen and oxygen atoms in total. The summed E-state index contributed by atoms with van der Waals surface area (Å²) in [6, 6.07) is 11.1. The zero-order chi connectivity index (χ0) is 20.3. The highest BCUT2D eigenvalue weighted by atomic mass is 35.5. The highest BCUT2D eigenvalue weighted by Gasteiger charge is 2.36. The number of ether oxygens (including phenoxy) is 2. The van der Waals surface area contributed by atoms with Crippen molar-refractivity contribution >= 4 is 47.4 Å². The first-order valence-electron chi connectivity index (χ1n) is 8.87. The van der Waals surface area contributed by atoms with Crippen LogP contribution in [0.4, 0.5) is 5.69 Å². The van der Waals surface area contributed by atoms with Gasteiger partial charge in [-0.2, -0.15) is 5.06 Å². The van der Waals surface area contributed by atoms with Crippen molar-refractivity contribution in [3.05, 3.63) is 47.0 Å². The minimum atomic E-state index is -0.281. The Morgan fingerprint density at radius 2 is 2.07 bits per heavy atom. The number of nitrogens with zero attached hydrogens (tertiary/aromatic N) is 2. The molecule has 2 aromatic rings. The number of fused-ring (bicyclic) bond motifs is 1. The molecule has 2 aromatic carbocycles. The Labute approximate surface area is 186 Å². The van der Waals surface area contributed by atoms with E-state index < -0.39 is 0 Å². The second-order valence-electron chi connectivity index (χ2n) is 6.46. The van der Waals surface area contributed by atoms with E-state index in [9.17, 15) is 10.0 Å². The Morgan fingerprint density at radius 3 is 2.72 bits per heavy atom. The SMILES string of the molecule is COc1ccc(OCCCN(C)O)c(C2Sc3ccc(Cl)cc3N2C(C)=O)c1.Cl. The van der Waals surface area contributed by atoms with Gasteiger partial charge in [-0.3, -0.25) is 9.69 Å². The lowest BCUT2D eigenvalue weighted by atomic mass is 10.1. The highest BCUT2D eigenvalue weighted by molar-refractivity contribution is 8.00. The molecule has 1 N–H and O–H groups in total. The Bertz CT molecular complexity index is 866. The number of benzene rings is 2. The monoisotopic (exact) mass is 458 g/mol. The van der Waals surface area contributed by atoms with Crippen LogP contribution < -0.4 is 14.4 Å². The molecule has 158 valence electrons. The van der Waals surface area contributed by atoms with Crippen molar-refractivity contribution in [2.75, 3.05) is 32.2 Å². The van der Waals surface area contributed by atoms with Gasteiger partial charge in [-0.25, -0.2) is 0 Å². The molecule has 0 aliphatic carbocycles. The molecule has 1 amide bonds. The largest absolute Gasteiger partial charge is 0.497 e. The average Bonchev–Trinajstić information content (AvgIpc) is 3.03. The molecule has 0 saturated carbocycles. The molecule has 1 heterocycles. The zero-order valence-electron chi connectivity index (χ0n) is 16.4. The van der Waals surface area contributed by atoms with Gasteiger partial charge in [-0.1, -0.05) is 23.4 Å². The van der Waals surface area contributed by atoms with E-state index in [0.29, 0.717) is 36.1 Å². The van der Waals surface area contributed by atoms with Crippen molar-refractivity contribution < 1.29 is 19.5 Å². The van der Waals surface area contributed by atoms with Gasteiger partial charge in [0.1, 0.15) is 16.9 Å². The standard InChI is InChI=1S/C20H23ClN2O4S.ClH/c1-13(24)23-17-11-14(21)5-8-19(17)28-20(23)16-12-15(26-3)6-7-18(16)27-10-4-9-22(2)25;/h5-8,11-12,20,25H,4,9-10H2,1-3H3;1H. The molecule has 0 fully saturated rings. The molecule has 0 radical (unpaired) electrons. The van der Waals surface area contributed by atoms with Crippen LogP contribution in [-0.2, 0) is 4.79 Å². The van der Waals surface area contributed by atoms with Crippen LogP contribution in [0.5, 0.6) is 11.5 Å². The molecule has 0 spiro atoms. The third-order valence-electron chi connectivity index (χ3n) is 4.36. The molecule has 3 rings (SSSR count). The maximum absolute atomic E-state index is 12.5. The lowest BCUT2D eigenvalue weighted by Gasteiger charge is -2.25. The number of halogens is 2. The number of amides is 1. The first kappa shape index (κ1) is 23.6. The van der Waals surface area contributed by atoms with Crippen LogP contribution in [0.15, 0.2) is 41.3 Å². The van der Waals surface area contributed by atoms with Gasteiger partial charge in [0, 0.05) is 36.0 Å². The van der Waals surface area contributed by atoms with Crippen molar-refractivity contribution in [3.63, 3.8) is 0 Å². The Hall–Kier alpha value is -1.64. The number of hydrogen-bond donors (Lipinski definition) is 1. The number of hydrogen-bond acceptors (Lipinski definition) is 6. The average molecular weight is 459 g/mol. The van der Waals surface area contributed by atoms with Crippen molar-refractivity contribution in [2.45, 2.75) is 23.6 Å². The normalized spacial score (nSPS) is 15.1. The maximum Gasteiger partial charge on any atom is 0.225 e. The fraction of sp³-hybridized carbons (Fsp3) is 0.350. The Morgan fingerprint density at radius 1 is 1.31 bits per heavy atom. The van der Waals surface area contributed by atoms with Crippen LogP contribution in [0.2, 0.25) is 5.02 Å². The Kier molecular flexibility index (Phi) is 8.48. The maximum atomic E-state index is 12.5.